The Balaban J connectivity index is 2.01. The molecule has 0 aromatic rings. The first-order valence-electron chi connectivity index (χ1n) is 11.2. The first-order valence-corrected chi connectivity index (χ1v) is 12.1. The average Bonchev–Trinajstić information content (AvgIpc) is 3.32. The molecule has 0 saturated carbocycles. The van der Waals surface area contributed by atoms with Gasteiger partial charge in [-0.2, -0.15) is 0 Å². The highest BCUT2D eigenvalue weighted by molar-refractivity contribution is 9.09. The van der Waals surface area contributed by atoms with Crippen molar-refractivity contribution in [2.45, 2.75) is 62.1 Å². The van der Waals surface area contributed by atoms with Crippen LogP contribution in [-0.2, 0) is 23.9 Å². The van der Waals surface area contributed by atoms with Gasteiger partial charge in [0.15, 0.2) is 0 Å². The number of esters is 1. The van der Waals surface area contributed by atoms with Crippen LogP contribution in [0.5, 0.6) is 0 Å². The first kappa shape index (κ1) is 24.2. The second kappa shape index (κ2) is 10.0. The zero-order valence-corrected chi connectivity index (χ0v) is 19.9. The molecule has 0 aromatic carbocycles. The van der Waals surface area contributed by atoms with Crippen LogP contribution < -0.4 is 0 Å². The fraction of sp³-hybridized carbons (Fsp3) is 0.773. The summed E-state index contributed by atoms with van der Waals surface area (Å²) in [6.07, 6.45) is 3.75. The van der Waals surface area contributed by atoms with Gasteiger partial charge in [0.05, 0.1) is 24.5 Å². The average molecular weight is 501 g/mol. The van der Waals surface area contributed by atoms with Gasteiger partial charge >= 0.3 is 5.97 Å². The number of aliphatic hydroxyl groups excluding tert-OH is 1. The number of hydrogen-bond acceptors (Lipinski definition) is 6. The third-order valence-corrected chi connectivity index (χ3v) is 7.43. The Morgan fingerprint density at radius 3 is 2.77 bits per heavy atom. The predicted molar refractivity (Wildman–Crippen MR) is 117 cm³/mol. The number of likely N-dealkylation sites (tertiary alicyclic amines) is 1. The summed E-state index contributed by atoms with van der Waals surface area (Å²) in [6, 6.07) is -0.835. The van der Waals surface area contributed by atoms with E-state index in [1.165, 1.54) is 4.90 Å². The van der Waals surface area contributed by atoms with E-state index in [2.05, 4.69) is 29.4 Å². The Kier molecular flexibility index (Phi) is 7.81. The van der Waals surface area contributed by atoms with Gasteiger partial charge in [-0.05, 0) is 26.2 Å². The number of rotatable bonds is 11. The minimum atomic E-state index is -1.08. The lowest BCUT2D eigenvalue weighted by Gasteiger charge is -2.37. The standard InChI is InChI=1S/C22H33BrN2O6/c1-4-7-10-24(9-5-2)20(28)18-22-13-14(23)17(31-22)15(21(29)30-6-3)16(22)19(27)25(18)11-8-12-26/h5,14-18,26H,2,4,6-13H2,1,3H3/t14?,15-,16+,17-,18?,22?/m1/s1. The molecule has 0 aliphatic carbocycles. The number of carbonyl (C=O) groups excluding carboxylic acids is 3. The van der Waals surface area contributed by atoms with E-state index in [4.69, 9.17) is 9.47 Å². The van der Waals surface area contributed by atoms with Crippen molar-refractivity contribution in [2.75, 3.05) is 32.8 Å². The molecule has 31 heavy (non-hydrogen) atoms. The highest BCUT2D eigenvalue weighted by atomic mass is 79.9. The van der Waals surface area contributed by atoms with Crippen LogP contribution in [0.3, 0.4) is 0 Å². The van der Waals surface area contributed by atoms with Crippen molar-refractivity contribution in [1.29, 1.82) is 0 Å². The summed E-state index contributed by atoms with van der Waals surface area (Å²) >= 11 is 3.62. The Morgan fingerprint density at radius 2 is 2.16 bits per heavy atom. The third kappa shape index (κ3) is 4.04. The normalized spacial score (nSPS) is 33.5. The largest absolute Gasteiger partial charge is 0.466 e. The first-order chi connectivity index (χ1) is 14.9. The maximum Gasteiger partial charge on any atom is 0.312 e. The van der Waals surface area contributed by atoms with Crippen LogP contribution in [0.15, 0.2) is 12.7 Å². The van der Waals surface area contributed by atoms with Crippen LogP contribution >= 0.6 is 15.9 Å². The lowest BCUT2D eigenvalue weighted by atomic mass is 9.70. The Hall–Kier alpha value is -1.45. The zero-order chi connectivity index (χ0) is 22.8. The molecule has 8 nitrogen and oxygen atoms in total. The molecule has 0 aromatic heterocycles. The summed E-state index contributed by atoms with van der Waals surface area (Å²) in [4.78, 5) is 43.3. The molecule has 3 fully saturated rings. The highest BCUT2D eigenvalue weighted by Crippen LogP contribution is 2.60. The van der Waals surface area contributed by atoms with Crippen LogP contribution in [0, 0.1) is 11.8 Å². The van der Waals surface area contributed by atoms with Crippen LogP contribution in [0.1, 0.15) is 39.5 Å². The van der Waals surface area contributed by atoms with E-state index in [0.29, 0.717) is 25.9 Å². The third-order valence-electron chi connectivity index (χ3n) is 6.58. The molecule has 174 valence electrons. The summed E-state index contributed by atoms with van der Waals surface area (Å²) < 4.78 is 11.6. The second-order valence-electron chi connectivity index (χ2n) is 8.45. The molecule has 3 rings (SSSR count). The lowest BCUT2D eigenvalue weighted by molar-refractivity contribution is -0.154. The van der Waals surface area contributed by atoms with Crippen molar-refractivity contribution in [2.24, 2.45) is 11.8 Å². The summed E-state index contributed by atoms with van der Waals surface area (Å²) in [5, 5.41) is 9.37. The lowest BCUT2D eigenvalue weighted by Crippen LogP contribution is -2.57. The zero-order valence-electron chi connectivity index (χ0n) is 18.3. The number of hydrogen-bond donors (Lipinski definition) is 1. The highest BCUT2D eigenvalue weighted by Gasteiger charge is 2.76. The molecule has 9 heteroatoms. The minimum absolute atomic E-state index is 0.0968. The summed E-state index contributed by atoms with van der Waals surface area (Å²) in [6.45, 7) is 8.84. The predicted octanol–water partition coefficient (Wildman–Crippen LogP) is 1.49. The van der Waals surface area contributed by atoms with Gasteiger partial charge in [0.2, 0.25) is 11.8 Å². The number of nitrogens with zero attached hydrogens (tertiary/aromatic N) is 2. The van der Waals surface area contributed by atoms with E-state index < -0.39 is 35.6 Å². The molecule has 3 unspecified atom stereocenters. The van der Waals surface area contributed by atoms with Crippen LogP contribution in [-0.4, -0.2) is 88.1 Å². The number of aliphatic hydroxyl groups is 1. The van der Waals surface area contributed by atoms with E-state index in [0.717, 1.165) is 12.8 Å². The topological polar surface area (TPSA) is 96.4 Å². The van der Waals surface area contributed by atoms with Gasteiger partial charge in [-0.1, -0.05) is 35.4 Å². The summed E-state index contributed by atoms with van der Waals surface area (Å²) in [5.74, 6) is -2.41. The van der Waals surface area contributed by atoms with Crippen molar-refractivity contribution in [3.05, 3.63) is 12.7 Å². The molecule has 3 aliphatic rings. The molecule has 3 saturated heterocycles. The van der Waals surface area contributed by atoms with Gasteiger partial charge in [0.25, 0.3) is 0 Å². The van der Waals surface area contributed by atoms with Gasteiger partial charge in [0, 0.05) is 31.1 Å². The number of carbonyl (C=O) groups is 3. The van der Waals surface area contributed by atoms with Crippen LogP contribution in [0.4, 0.5) is 0 Å². The quantitative estimate of drug-likeness (QED) is 0.262. The molecular weight excluding hydrogens is 468 g/mol. The molecule has 1 spiro atoms. The van der Waals surface area contributed by atoms with Crippen molar-refractivity contribution >= 4 is 33.7 Å². The molecule has 2 amide bonds. The summed E-state index contributed by atoms with van der Waals surface area (Å²) in [7, 11) is 0. The van der Waals surface area contributed by atoms with E-state index in [-0.39, 0.29) is 36.4 Å². The number of alkyl halides is 1. The van der Waals surface area contributed by atoms with Gasteiger partial charge in [0.1, 0.15) is 11.6 Å². The van der Waals surface area contributed by atoms with Crippen molar-refractivity contribution in [1.82, 2.24) is 9.80 Å². The summed E-state index contributed by atoms with van der Waals surface area (Å²) in [5.41, 5.74) is -1.08. The van der Waals surface area contributed by atoms with Crippen molar-refractivity contribution in [3.63, 3.8) is 0 Å². The molecule has 2 bridgehead atoms. The van der Waals surface area contributed by atoms with Crippen molar-refractivity contribution < 1.29 is 29.0 Å². The van der Waals surface area contributed by atoms with E-state index in [1.54, 1.807) is 17.9 Å². The number of ether oxygens (including phenoxy) is 2. The molecular formula is C22H33BrN2O6. The number of amides is 2. The maximum absolute atomic E-state index is 13.8. The smallest absolute Gasteiger partial charge is 0.312 e. The van der Waals surface area contributed by atoms with Gasteiger partial charge < -0.3 is 24.4 Å². The number of halogens is 1. The van der Waals surface area contributed by atoms with Gasteiger partial charge in [-0.3, -0.25) is 14.4 Å². The molecule has 6 atom stereocenters. The molecule has 1 N–H and O–H groups in total. The Labute approximate surface area is 192 Å². The van der Waals surface area contributed by atoms with Crippen molar-refractivity contribution in [3.8, 4) is 0 Å². The minimum Gasteiger partial charge on any atom is -0.466 e. The molecule has 0 radical (unpaired) electrons. The monoisotopic (exact) mass is 500 g/mol. The Bertz CT molecular complexity index is 718. The number of fused-ring (bicyclic) bond motifs is 1. The van der Waals surface area contributed by atoms with Crippen LogP contribution in [0.25, 0.3) is 0 Å². The Morgan fingerprint density at radius 1 is 1.42 bits per heavy atom. The fourth-order valence-corrected chi connectivity index (χ4v) is 6.31. The van der Waals surface area contributed by atoms with Crippen LogP contribution in [0.2, 0.25) is 0 Å². The fourth-order valence-electron chi connectivity index (χ4n) is 5.37. The van der Waals surface area contributed by atoms with E-state index in [1.807, 2.05) is 0 Å². The molecule has 3 aliphatic heterocycles. The van der Waals surface area contributed by atoms with Gasteiger partial charge in [-0.15, -0.1) is 6.58 Å². The van der Waals surface area contributed by atoms with Gasteiger partial charge in [-0.25, -0.2) is 0 Å². The van der Waals surface area contributed by atoms with E-state index in [9.17, 15) is 19.5 Å². The SMILES string of the molecule is C=CCN(CCCC)C(=O)C1N(CCCO)C(=O)[C@@H]2[C@@H](C(=O)OCC)[C@@H]3OC12CC3Br. The number of unbranched alkanes of at least 4 members (excludes halogenated alkanes) is 1. The maximum atomic E-state index is 13.8. The second-order valence-corrected chi connectivity index (χ2v) is 9.63. The molecule has 3 heterocycles. The van der Waals surface area contributed by atoms with E-state index >= 15 is 0 Å².